The van der Waals surface area contributed by atoms with Crippen molar-refractivity contribution in [1.29, 1.82) is 0 Å². The average molecular weight is 391 g/mol. The lowest BCUT2D eigenvalue weighted by molar-refractivity contribution is -0.136. The van der Waals surface area contributed by atoms with Crippen LogP contribution in [0.15, 0.2) is 48.5 Å². The van der Waals surface area contributed by atoms with E-state index in [0.717, 1.165) is 48.5 Å². The number of hydrogen-bond donors (Lipinski definition) is 0. The maximum Gasteiger partial charge on any atom is 0.338 e. The van der Waals surface area contributed by atoms with Crippen LogP contribution in [0.25, 0.3) is 16.7 Å². The number of carbonyl (C=O) groups excluding carboxylic acids is 2. The number of hydrogen-bond acceptors (Lipinski definition) is 4. The van der Waals surface area contributed by atoms with E-state index in [-0.39, 0.29) is 12.5 Å². The lowest BCUT2D eigenvalue weighted by Crippen LogP contribution is -2.41. The lowest BCUT2D eigenvalue weighted by Gasteiger charge is -2.30. The van der Waals surface area contributed by atoms with Crippen molar-refractivity contribution in [2.75, 3.05) is 19.7 Å². The number of benzene rings is 2. The number of aromatic nitrogens is 2. The molecule has 0 spiro atoms. The second-order valence-electron chi connectivity index (χ2n) is 7.70. The summed E-state index contributed by atoms with van der Waals surface area (Å²) in [5.41, 5.74) is 3.06. The first-order chi connectivity index (χ1) is 14.0. The molecular formula is C23H25N3O3. The minimum absolute atomic E-state index is 0.129. The Morgan fingerprint density at radius 3 is 2.72 bits per heavy atom. The Hall–Kier alpha value is -3.15. The van der Waals surface area contributed by atoms with Crippen molar-refractivity contribution < 1.29 is 14.3 Å². The second kappa shape index (κ2) is 8.07. The summed E-state index contributed by atoms with van der Waals surface area (Å²) in [4.78, 5) is 31.2. The summed E-state index contributed by atoms with van der Waals surface area (Å²) >= 11 is 0. The summed E-state index contributed by atoms with van der Waals surface area (Å²) in [6, 6.07) is 15.3. The smallest absolute Gasteiger partial charge is 0.338 e. The molecule has 0 bridgehead atoms. The van der Waals surface area contributed by atoms with Crippen molar-refractivity contribution in [1.82, 2.24) is 14.5 Å². The fraction of sp³-hybridized carbons (Fsp3) is 0.348. The number of amides is 1. The Morgan fingerprint density at radius 2 is 1.97 bits per heavy atom. The molecule has 150 valence electrons. The molecule has 3 aromatic rings. The van der Waals surface area contributed by atoms with Gasteiger partial charge in [0.2, 0.25) is 0 Å². The highest BCUT2D eigenvalue weighted by molar-refractivity contribution is 5.95. The number of esters is 1. The fourth-order valence-electron chi connectivity index (χ4n) is 3.95. The van der Waals surface area contributed by atoms with Crippen LogP contribution in [0.3, 0.4) is 0 Å². The summed E-state index contributed by atoms with van der Waals surface area (Å²) < 4.78 is 7.33. The molecule has 1 saturated heterocycles. The van der Waals surface area contributed by atoms with Crippen LogP contribution in [0.2, 0.25) is 0 Å². The van der Waals surface area contributed by atoms with Gasteiger partial charge in [-0.3, -0.25) is 9.36 Å². The molecule has 0 N–H and O–H groups in total. The maximum absolute atomic E-state index is 12.5. The number of aryl methyl sites for hydroxylation is 1. The van der Waals surface area contributed by atoms with Gasteiger partial charge in [-0.1, -0.05) is 25.1 Å². The molecule has 1 aromatic heterocycles. The van der Waals surface area contributed by atoms with E-state index < -0.39 is 5.97 Å². The Kier molecular flexibility index (Phi) is 5.34. The number of nitrogens with zero attached hydrogens (tertiary/aromatic N) is 3. The van der Waals surface area contributed by atoms with Gasteiger partial charge in [-0.15, -0.1) is 0 Å². The molecule has 29 heavy (non-hydrogen) atoms. The van der Waals surface area contributed by atoms with Gasteiger partial charge in [0.05, 0.1) is 16.6 Å². The van der Waals surface area contributed by atoms with Crippen LogP contribution in [0.1, 0.15) is 35.9 Å². The van der Waals surface area contributed by atoms with Gasteiger partial charge in [0.1, 0.15) is 5.82 Å². The molecule has 1 aliphatic rings. The first-order valence-electron chi connectivity index (χ1n) is 10.0. The third-order valence-corrected chi connectivity index (χ3v) is 5.41. The molecule has 2 aromatic carbocycles. The lowest BCUT2D eigenvalue weighted by atomic mass is 10.0. The van der Waals surface area contributed by atoms with Gasteiger partial charge in [-0.05, 0) is 56.0 Å². The maximum atomic E-state index is 12.5. The van der Waals surface area contributed by atoms with E-state index in [1.165, 1.54) is 0 Å². The van der Waals surface area contributed by atoms with Crippen molar-refractivity contribution in [3.05, 3.63) is 59.9 Å². The Bertz CT molecular complexity index is 1040. The van der Waals surface area contributed by atoms with Crippen LogP contribution in [-0.2, 0) is 9.53 Å². The number of ether oxygens (including phenoxy) is 1. The molecule has 4 rings (SSSR count). The van der Waals surface area contributed by atoms with E-state index in [9.17, 15) is 9.59 Å². The summed E-state index contributed by atoms with van der Waals surface area (Å²) in [7, 11) is 0. The van der Waals surface area contributed by atoms with E-state index in [4.69, 9.17) is 4.74 Å². The fourth-order valence-corrected chi connectivity index (χ4v) is 3.95. The van der Waals surface area contributed by atoms with Crippen LogP contribution >= 0.6 is 0 Å². The number of likely N-dealkylation sites (tertiary alicyclic amines) is 1. The molecule has 6 heteroatoms. The largest absolute Gasteiger partial charge is 0.452 e. The van der Waals surface area contributed by atoms with Crippen molar-refractivity contribution in [3.63, 3.8) is 0 Å². The Labute approximate surface area is 170 Å². The molecule has 1 atom stereocenters. The van der Waals surface area contributed by atoms with Crippen molar-refractivity contribution in [2.45, 2.75) is 26.7 Å². The van der Waals surface area contributed by atoms with E-state index in [1.807, 2.05) is 47.9 Å². The predicted molar refractivity (Wildman–Crippen MR) is 111 cm³/mol. The summed E-state index contributed by atoms with van der Waals surface area (Å²) in [6.45, 7) is 5.32. The van der Waals surface area contributed by atoms with E-state index >= 15 is 0 Å². The van der Waals surface area contributed by atoms with Crippen molar-refractivity contribution in [3.8, 4) is 5.69 Å². The molecule has 1 amide bonds. The van der Waals surface area contributed by atoms with E-state index in [2.05, 4.69) is 11.9 Å². The molecule has 0 aliphatic carbocycles. The molecule has 2 heterocycles. The number of para-hydroxylation sites is 1. The van der Waals surface area contributed by atoms with Gasteiger partial charge in [-0.25, -0.2) is 9.78 Å². The third kappa shape index (κ3) is 4.01. The number of piperidine rings is 1. The van der Waals surface area contributed by atoms with Gasteiger partial charge < -0.3 is 9.64 Å². The van der Waals surface area contributed by atoms with Crippen LogP contribution in [0.5, 0.6) is 0 Å². The first kappa shape index (κ1) is 19.2. The van der Waals surface area contributed by atoms with Gasteiger partial charge >= 0.3 is 5.97 Å². The topological polar surface area (TPSA) is 64.4 Å². The van der Waals surface area contributed by atoms with Crippen LogP contribution in [0.4, 0.5) is 0 Å². The molecule has 0 saturated carbocycles. The number of rotatable bonds is 4. The molecule has 6 nitrogen and oxygen atoms in total. The summed E-state index contributed by atoms with van der Waals surface area (Å²) in [5.74, 6) is 0.701. The zero-order valence-corrected chi connectivity index (χ0v) is 16.8. The highest BCUT2D eigenvalue weighted by Crippen LogP contribution is 2.22. The molecule has 1 aliphatic heterocycles. The first-order valence-corrected chi connectivity index (χ1v) is 10.0. The zero-order chi connectivity index (χ0) is 20.4. The quantitative estimate of drug-likeness (QED) is 0.636. The van der Waals surface area contributed by atoms with Crippen LogP contribution in [0, 0.1) is 12.8 Å². The number of fused-ring (bicyclic) bond motifs is 1. The standard InChI is InChI=1S/C23H25N3O3/c1-16-7-6-12-25(14-16)22(27)15-29-23(28)18-10-11-21-20(13-18)24-17(2)26(21)19-8-4-3-5-9-19/h3-5,8-11,13,16H,6-7,12,14-15H2,1-2H3/t16-/m1/s1. The van der Waals surface area contributed by atoms with Gasteiger partial charge in [-0.2, -0.15) is 0 Å². The van der Waals surface area contributed by atoms with Crippen LogP contribution in [-0.4, -0.2) is 46.0 Å². The van der Waals surface area contributed by atoms with E-state index in [0.29, 0.717) is 11.5 Å². The highest BCUT2D eigenvalue weighted by atomic mass is 16.5. The highest BCUT2D eigenvalue weighted by Gasteiger charge is 2.22. The monoisotopic (exact) mass is 391 g/mol. The van der Waals surface area contributed by atoms with Crippen LogP contribution < -0.4 is 0 Å². The molecule has 1 fully saturated rings. The van der Waals surface area contributed by atoms with Crippen molar-refractivity contribution in [2.24, 2.45) is 5.92 Å². The number of carbonyl (C=O) groups is 2. The second-order valence-corrected chi connectivity index (χ2v) is 7.70. The Morgan fingerprint density at radius 1 is 1.17 bits per heavy atom. The normalized spacial score (nSPS) is 16.8. The predicted octanol–water partition coefficient (Wildman–Crippen LogP) is 3.75. The average Bonchev–Trinajstić information content (AvgIpc) is 3.07. The zero-order valence-electron chi connectivity index (χ0n) is 16.8. The Balaban J connectivity index is 1.48. The third-order valence-electron chi connectivity index (χ3n) is 5.41. The van der Waals surface area contributed by atoms with Gasteiger partial charge in [0.15, 0.2) is 6.61 Å². The molecular weight excluding hydrogens is 366 g/mol. The van der Waals surface area contributed by atoms with E-state index in [1.54, 1.807) is 17.0 Å². The minimum Gasteiger partial charge on any atom is -0.452 e. The summed E-state index contributed by atoms with van der Waals surface area (Å²) in [6.07, 6.45) is 2.14. The SMILES string of the molecule is Cc1nc2cc(C(=O)OCC(=O)N3CCC[C@@H](C)C3)ccc2n1-c1ccccc1. The van der Waals surface area contributed by atoms with Gasteiger partial charge in [0.25, 0.3) is 5.91 Å². The summed E-state index contributed by atoms with van der Waals surface area (Å²) in [5, 5.41) is 0. The molecule has 0 radical (unpaired) electrons. The number of imidazole rings is 1. The van der Waals surface area contributed by atoms with Gasteiger partial charge in [0, 0.05) is 18.8 Å². The molecule has 0 unspecified atom stereocenters. The van der Waals surface area contributed by atoms with Crippen molar-refractivity contribution >= 4 is 22.9 Å². The minimum atomic E-state index is -0.503.